The molecule has 0 radical (unpaired) electrons. The number of nitrogens with zero attached hydrogens (tertiary/aromatic N) is 1. The molecule has 0 bridgehead atoms. The number of likely N-dealkylation sites (tertiary alicyclic amines) is 1. The van der Waals surface area contributed by atoms with E-state index in [0.717, 1.165) is 5.92 Å². The lowest BCUT2D eigenvalue weighted by atomic mass is 9.94. The van der Waals surface area contributed by atoms with E-state index in [0.29, 0.717) is 0 Å². The van der Waals surface area contributed by atoms with Crippen LogP contribution in [0.25, 0.3) is 0 Å². The molecule has 0 saturated carbocycles. The summed E-state index contributed by atoms with van der Waals surface area (Å²) in [4.78, 5) is 5.58. The van der Waals surface area contributed by atoms with Gasteiger partial charge in [0.1, 0.15) is 0 Å². The summed E-state index contributed by atoms with van der Waals surface area (Å²) in [7, 11) is 0. The summed E-state index contributed by atoms with van der Waals surface area (Å²) in [5.41, 5.74) is 0. The molecule has 1 saturated heterocycles. The van der Waals surface area contributed by atoms with E-state index in [1.54, 1.807) is 0 Å². The maximum Gasteiger partial charge on any atom is 0.0328 e. The smallest absolute Gasteiger partial charge is 0.0328 e. The summed E-state index contributed by atoms with van der Waals surface area (Å²) in [6.07, 6.45) is 4.17. The Kier molecular flexibility index (Phi) is 3.81. The quantitative estimate of drug-likeness (QED) is 0.755. The lowest BCUT2D eigenvalue weighted by Gasteiger charge is -2.31. The average molecular weight is 223 g/mol. The normalized spacial score (nSPS) is 19.6. The molecule has 0 atom stereocenters. The summed E-state index contributed by atoms with van der Waals surface area (Å²) in [5.74, 6) is 0.992. The van der Waals surface area contributed by atoms with Crippen LogP contribution in [0.3, 0.4) is 0 Å². The largest absolute Gasteiger partial charge is 0.298 e. The Morgan fingerprint density at radius 1 is 1.33 bits per heavy atom. The van der Waals surface area contributed by atoms with E-state index >= 15 is 0 Å². The molecule has 1 aliphatic rings. The fourth-order valence-corrected chi connectivity index (χ4v) is 3.28. The Balaban J connectivity index is 1.82. The van der Waals surface area contributed by atoms with Gasteiger partial charge >= 0.3 is 0 Å². The monoisotopic (exact) mass is 223 g/mol. The van der Waals surface area contributed by atoms with E-state index in [-0.39, 0.29) is 0 Å². The first-order chi connectivity index (χ1) is 7.28. The van der Waals surface area contributed by atoms with Gasteiger partial charge in [-0.2, -0.15) is 0 Å². The highest BCUT2D eigenvalue weighted by atomic mass is 32.1. The average Bonchev–Trinajstić information content (AvgIpc) is 2.65. The molecule has 0 N–H and O–H groups in total. The molecule has 1 aromatic rings. The van der Waals surface area contributed by atoms with Crippen molar-refractivity contribution in [3.8, 4) is 0 Å². The standard InChI is InChI=1S/C13H21NS/c1-3-12-6-8-14(9-7-12)10-13-5-4-11(2)15-13/h4-5,12H,3,6-10H2,1-2H3. The molecule has 1 aromatic heterocycles. The molecule has 1 fully saturated rings. The first kappa shape index (κ1) is 11.2. The van der Waals surface area contributed by atoms with Gasteiger partial charge in [0.25, 0.3) is 0 Å². The number of hydrogen-bond donors (Lipinski definition) is 0. The van der Waals surface area contributed by atoms with Gasteiger partial charge in [-0.25, -0.2) is 0 Å². The van der Waals surface area contributed by atoms with Crippen molar-refractivity contribution in [2.45, 2.75) is 39.7 Å². The van der Waals surface area contributed by atoms with E-state index < -0.39 is 0 Å². The molecule has 1 aliphatic heterocycles. The molecule has 2 heterocycles. The predicted molar refractivity (Wildman–Crippen MR) is 67.3 cm³/mol. The van der Waals surface area contributed by atoms with Gasteiger partial charge in [-0.3, -0.25) is 4.90 Å². The van der Waals surface area contributed by atoms with Gasteiger partial charge in [-0.05, 0) is 50.9 Å². The Morgan fingerprint density at radius 2 is 2.07 bits per heavy atom. The van der Waals surface area contributed by atoms with Crippen molar-refractivity contribution >= 4 is 11.3 Å². The van der Waals surface area contributed by atoms with Crippen LogP contribution in [0.5, 0.6) is 0 Å². The molecule has 2 rings (SSSR count). The van der Waals surface area contributed by atoms with Crippen LogP contribution >= 0.6 is 11.3 Å². The van der Waals surface area contributed by atoms with Gasteiger partial charge in [0.2, 0.25) is 0 Å². The summed E-state index contributed by atoms with van der Waals surface area (Å²) >= 11 is 1.95. The van der Waals surface area contributed by atoms with Gasteiger partial charge in [0.05, 0.1) is 0 Å². The number of thiophene rings is 1. The van der Waals surface area contributed by atoms with Crippen molar-refractivity contribution in [1.82, 2.24) is 4.90 Å². The van der Waals surface area contributed by atoms with E-state index in [9.17, 15) is 0 Å². The van der Waals surface area contributed by atoms with Crippen molar-refractivity contribution in [3.63, 3.8) is 0 Å². The van der Waals surface area contributed by atoms with Crippen LogP contribution in [0, 0.1) is 12.8 Å². The third-order valence-electron chi connectivity index (χ3n) is 3.46. The first-order valence-electron chi connectivity index (χ1n) is 6.05. The van der Waals surface area contributed by atoms with E-state index in [1.807, 2.05) is 11.3 Å². The van der Waals surface area contributed by atoms with Crippen LogP contribution < -0.4 is 0 Å². The fourth-order valence-electron chi connectivity index (χ4n) is 2.34. The van der Waals surface area contributed by atoms with Gasteiger partial charge in [0, 0.05) is 16.3 Å². The maximum atomic E-state index is 2.61. The third kappa shape index (κ3) is 3.05. The maximum absolute atomic E-state index is 2.61. The molecule has 0 spiro atoms. The van der Waals surface area contributed by atoms with Gasteiger partial charge in [0.15, 0.2) is 0 Å². The van der Waals surface area contributed by atoms with E-state index in [2.05, 4.69) is 30.9 Å². The zero-order valence-electron chi connectivity index (χ0n) is 9.83. The molecule has 0 unspecified atom stereocenters. The second-order valence-corrected chi connectivity index (χ2v) is 6.01. The number of aryl methyl sites for hydroxylation is 1. The Bertz CT molecular complexity index is 297. The highest BCUT2D eigenvalue weighted by molar-refractivity contribution is 7.11. The molecular weight excluding hydrogens is 202 g/mol. The minimum atomic E-state index is 0.992. The molecular formula is C13H21NS. The third-order valence-corrected chi connectivity index (χ3v) is 4.45. The van der Waals surface area contributed by atoms with Crippen molar-refractivity contribution < 1.29 is 0 Å². The van der Waals surface area contributed by atoms with Gasteiger partial charge in [-0.15, -0.1) is 11.3 Å². The van der Waals surface area contributed by atoms with E-state index in [4.69, 9.17) is 0 Å². The second-order valence-electron chi connectivity index (χ2n) is 4.64. The Hall–Kier alpha value is -0.340. The van der Waals surface area contributed by atoms with Crippen LogP contribution in [-0.4, -0.2) is 18.0 Å². The number of hydrogen-bond acceptors (Lipinski definition) is 2. The molecule has 0 aromatic carbocycles. The van der Waals surface area contributed by atoms with Gasteiger partial charge < -0.3 is 0 Å². The highest BCUT2D eigenvalue weighted by Crippen LogP contribution is 2.23. The zero-order chi connectivity index (χ0) is 10.7. The van der Waals surface area contributed by atoms with Crippen LogP contribution in [-0.2, 0) is 6.54 Å². The first-order valence-corrected chi connectivity index (χ1v) is 6.87. The minimum Gasteiger partial charge on any atom is -0.298 e. The number of piperidine rings is 1. The minimum absolute atomic E-state index is 0.992. The van der Waals surface area contributed by atoms with Crippen LogP contribution in [0.4, 0.5) is 0 Å². The predicted octanol–water partition coefficient (Wildman–Crippen LogP) is 3.68. The molecule has 0 aliphatic carbocycles. The van der Waals surface area contributed by atoms with Crippen LogP contribution in [0.15, 0.2) is 12.1 Å². The molecule has 84 valence electrons. The zero-order valence-corrected chi connectivity index (χ0v) is 10.6. The van der Waals surface area contributed by atoms with Crippen LogP contribution in [0.2, 0.25) is 0 Å². The summed E-state index contributed by atoms with van der Waals surface area (Å²) < 4.78 is 0. The molecule has 15 heavy (non-hydrogen) atoms. The molecule has 2 heteroatoms. The van der Waals surface area contributed by atoms with Crippen molar-refractivity contribution in [2.24, 2.45) is 5.92 Å². The summed E-state index contributed by atoms with van der Waals surface area (Å²) in [6.45, 7) is 8.29. The SMILES string of the molecule is CCC1CCN(Cc2ccc(C)s2)CC1. The Labute approximate surface area is 97.1 Å². The Morgan fingerprint density at radius 3 is 2.60 bits per heavy atom. The van der Waals surface area contributed by atoms with Crippen molar-refractivity contribution in [3.05, 3.63) is 21.9 Å². The highest BCUT2D eigenvalue weighted by Gasteiger charge is 2.17. The van der Waals surface area contributed by atoms with Gasteiger partial charge in [-0.1, -0.05) is 13.3 Å². The lowest BCUT2D eigenvalue weighted by molar-refractivity contribution is 0.176. The van der Waals surface area contributed by atoms with Crippen molar-refractivity contribution in [1.29, 1.82) is 0 Å². The molecule has 0 amide bonds. The second kappa shape index (κ2) is 5.13. The van der Waals surface area contributed by atoms with E-state index in [1.165, 1.54) is 48.7 Å². The molecule has 1 nitrogen and oxygen atoms in total. The number of rotatable bonds is 3. The summed E-state index contributed by atoms with van der Waals surface area (Å²) in [5, 5.41) is 0. The lowest BCUT2D eigenvalue weighted by Crippen LogP contribution is -2.32. The van der Waals surface area contributed by atoms with Crippen molar-refractivity contribution in [2.75, 3.05) is 13.1 Å². The topological polar surface area (TPSA) is 3.24 Å². The fraction of sp³-hybridized carbons (Fsp3) is 0.692. The van der Waals surface area contributed by atoms with Crippen LogP contribution in [0.1, 0.15) is 35.9 Å². The summed E-state index contributed by atoms with van der Waals surface area (Å²) in [6, 6.07) is 4.52.